The summed E-state index contributed by atoms with van der Waals surface area (Å²) in [4.78, 5) is 0. The number of rotatable bonds is 2. The van der Waals surface area contributed by atoms with E-state index in [4.69, 9.17) is 5.11 Å². The van der Waals surface area contributed by atoms with Crippen LogP contribution in [0.4, 0.5) is 0 Å². The fraction of sp³-hybridized carbons (Fsp3) is 0.800. The molecule has 0 aliphatic heterocycles. The van der Waals surface area contributed by atoms with Gasteiger partial charge in [-0.3, -0.25) is 0 Å². The molecule has 14 heavy (non-hydrogen) atoms. The van der Waals surface area contributed by atoms with Crippen molar-refractivity contribution in [3.63, 3.8) is 0 Å². The Morgan fingerprint density at radius 1 is 1.29 bits per heavy atom. The number of aliphatic hydroxyl groups is 1. The lowest BCUT2D eigenvalue weighted by molar-refractivity contribution is 0.257. The van der Waals surface area contributed by atoms with Crippen molar-refractivity contribution in [3.05, 3.63) is 12.2 Å². The van der Waals surface area contributed by atoms with Crippen LogP contribution in [0.25, 0.3) is 0 Å². The first kappa shape index (κ1) is 9.65. The number of aliphatic hydroxyl groups excluding tert-OH is 1. The Morgan fingerprint density at radius 3 is 2.64 bits per heavy atom. The van der Waals surface area contributed by atoms with Gasteiger partial charge in [0.05, 0.1) is 0 Å². The summed E-state index contributed by atoms with van der Waals surface area (Å²) in [5, 5.41) is 16.8. The fourth-order valence-electron chi connectivity index (χ4n) is 2.22. The third-order valence-corrected chi connectivity index (χ3v) is 3.01. The highest BCUT2D eigenvalue weighted by Crippen LogP contribution is 2.27. The van der Waals surface area contributed by atoms with Crippen LogP contribution in [0.3, 0.4) is 0 Å². The lowest BCUT2D eigenvalue weighted by Crippen LogP contribution is -2.10. The van der Waals surface area contributed by atoms with Gasteiger partial charge in [-0.25, -0.2) is 0 Å². The van der Waals surface area contributed by atoms with E-state index in [-0.39, 0.29) is 6.61 Å². The van der Waals surface area contributed by atoms with Crippen LogP contribution in [-0.2, 0) is 6.61 Å². The lowest BCUT2D eigenvalue weighted by atomic mass is 10.1. The predicted molar refractivity (Wildman–Crippen MR) is 52.7 cm³/mol. The number of aromatic nitrogens is 3. The Bertz CT molecular complexity index is 277. The van der Waals surface area contributed by atoms with Crippen molar-refractivity contribution in [2.75, 3.05) is 0 Å². The summed E-state index contributed by atoms with van der Waals surface area (Å²) in [7, 11) is 0. The van der Waals surface area contributed by atoms with E-state index in [0.29, 0.717) is 11.9 Å². The maximum atomic E-state index is 9.08. The number of hydrogen-bond donors (Lipinski definition) is 1. The van der Waals surface area contributed by atoms with Gasteiger partial charge >= 0.3 is 0 Å². The van der Waals surface area contributed by atoms with E-state index in [0.717, 1.165) is 0 Å². The third kappa shape index (κ3) is 1.95. The standard InChI is InChI=1S/C10H17N3O/c14-7-10-12-11-8-13(10)9-5-3-1-2-4-6-9/h8-9,14H,1-7H2. The normalized spacial score (nSPS) is 19.5. The zero-order valence-corrected chi connectivity index (χ0v) is 8.39. The second-order valence-corrected chi connectivity index (χ2v) is 3.96. The van der Waals surface area contributed by atoms with Crippen LogP contribution < -0.4 is 0 Å². The SMILES string of the molecule is OCc1nncn1C1CCCCCC1. The van der Waals surface area contributed by atoms with E-state index in [1.54, 1.807) is 6.33 Å². The Labute approximate surface area is 84.0 Å². The highest BCUT2D eigenvalue weighted by atomic mass is 16.3. The zero-order valence-electron chi connectivity index (χ0n) is 8.39. The van der Waals surface area contributed by atoms with E-state index in [9.17, 15) is 0 Å². The molecule has 0 unspecified atom stereocenters. The van der Waals surface area contributed by atoms with Crippen molar-refractivity contribution >= 4 is 0 Å². The Balaban J connectivity index is 2.11. The van der Waals surface area contributed by atoms with Crippen molar-refractivity contribution in [1.29, 1.82) is 0 Å². The van der Waals surface area contributed by atoms with E-state index in [2.05, 4.69) is 10.2 Å². The molecule has 1 aliphatic carbocycles. The minimum absolute atomic E-state index is 0.00347. The van der Waals surface area contributed by atoms with Gasteiger partial charge in [-0.05, 0) is 12.8 Å². The molecule has 78 valence electrons. The van der Waals surface area contributed by atoms with E-state index in [1.165, 1.54) is 38.5 Å². The van der Waals surface area contributed by atoms with E-state index >= 15 is 0 Å². The van der Waals surface area contributed by atoms with E-state index < -0.39 is 0 Å². The molecule has 0 saturated heterocycles. The molecule has 1 fully saturated rings. The average Bonchev–Trinajstić information content (AvgIpc) is 2.52. The fourth-order valence-corrected chi connectivity index (χ4v) is 2.22. The first-order valence-corrected chi connectivity index (χ1v) is 5.41. The summed E-state index contributed by atoms with van der Waals surface area (Å²) in [6, 6.07) is 0.509. The minimum Gasteiger partial charge on any atom is -0.388 e. The maximum Gasteiger partial charge on any atom is 0.158 e. The molecule has 1 saturated carbocycles. The highest BCUT2D eigenvalue weighted by Gasteiger charge is 2.16. The van der Waals surface area contributed by atoms with Crippen molar-refractivity contribution in [1.82, 2.24) is 14.8 Å². The van der Waals surface area contributed by atoms with Gasteiger partial charge in [0.15, 0.2) is 5.82 Å². The summed E-state index contributed by atoms with van der Waals surface area (Å²) in [5.74, 6) is 0.705. The number of hydrogen-bond acceptors (Lipinski definition) is 3. The molecular weight excluding hydrogens is 178 g/mol. The summed E-state index contributed by atoms with van der Waals surface area (Å²) < 4.78 is 2.05. The van der Waals surface area contributed by atoms with Gasteiger partial charge in [0.2, 0.25) is 0 Å². The van der Waals surface area contributed by atoms with Crippen molar-refractivity contribution in [2.24, 2.45) is 0 Å². The summed E-state index contributed by atoms with van der Waals surface area (Å²) in [6.07, 6.45) is 9.40. The molecule has 2 rings (SSSR count). The highest BCUT2D eigenvalue weighted by molar-refractivity contribution is 4.87. The van der Waals surface area contributed by atoms with E-state index in [1.807, 2.05) is 4.57 Å². The van der Waals surface area contributed by atoms with Gasteiger partial charge in [0.1, 0.15) is 12.9 Å². The molecule has 0 atom stereocenters. The van der Waals surface area contributed by atoms with Gasteiger partial charge in [-0.1, -0.05) is 25.7 Å². The van der Waals surface area contributed by atoms with Gasteiger partial charge in [-0.15, -0.1) is 10.2 Å². The Hall–Kier alpha value is -0.900. The van der Waals surface area contributed by atoms with Gasteiger partial charge in [-0.2, -0.15) is 0 Å². The van der Waals surface area contributed by atoms with Crippen LogP contribution in [0.1, 0.15) is 50.4 Å². The topological polar surface area (TPSA) is 50.9 Å². The van der Waals surface area contributed by atoms with Crippen LogP contribution in [0.15, 0.2) is 6.33 Å². The van der Waals surface area contributed by atoms with Crippen molar-refractivity contribution in [3.8, 4) is 0 Å². The van der Waals surface area contributed by atoms with Crippen molar-refractivity contribution in [2.45, 2.75) is 51.2 Å². The smallest absolute Gasteiger partial charge is 0.158 e. The molecule has 1 aromatic heterocycles. The molecule has 1 aromatic rings. The predicted octanol–water partition coefficient (Wildman–Crippen LogP) is 1.67. The van der Waals surface area contributed by atoms with Gasteiger partial charge < -0.3 is 9.67 Å². The second-order valence-electron chi connectivity index (χ2n) is 3.96. The van der Waals surface area contributed by atoms with Gasteiger partial charge in [0.25, 0.3) is 0 Å². The van der Waals surface area contributed by atoms with Gasteiger partial charge in [0, 0.05) is 6.04 Å². The maximum absolute atomic E-state index is 9.08. The molecule has 0 radical (unpaired) electrons. The monoisotopic (exact) mass is 195 g/mol. The zero-order chi connectivity index (χ0) is 9.80. The Kier molecular flexibility index (Phi) is 3.14. The van der Waals surface area contributed by atoms with Crippen LogP contribution in [0.5, 0.6) is 0 Å². The molecule has 1 N–H and O–H groups in total. The molecule has 4 nitrogen and oxygen atoms in total. The minimum atomic E-state index is -0.00347. The molecule has 0 amide bonds. The molecule has 4 heteroatoms. The van der Waals surface area contributed by atoms with Crippen LogP contribution in [0, 0.1) is 0 Å². The molecule has 0 spiro atoms. The first-order valence-electron chi connectivity index (χ1n) is 5.41. The Morgan fingerprint density at radius 2 is 2.00 bits per heavy atom. The molecular formula is C10H17N3O. The third-order valence-electron chi connectivity index (χ3n) is 3.01. The molecule has 1 heterocycles. The summed E-state index contributed by atoms with van der Waals surface area (Å²) in [5.41, 5.74) is 0. The first-order chi connectivity index (χ1) is 6.92. The largest absolute Gasteiger partial charge is 0.388 e. The quantitative estimate of drug-likeness (QED) is 0.730. The lowest BCUT2D eigenvalue weighted by Gasteiger charge is -2.16. The second kappa shape index (κ2) is 4.55. The van der Waals surface area contributed by atoms with Crippen LogP contribution in [0.2, 0.25) is 0 Å². The van der Waals surface area contributed by atoms with Crippen LogP contribution in [-0.4, -0.2) is 19.9 Å². The van der Waals surface area contributed by atoms with Crippen LogP contribution >= 0.6 is 0 Å². The average molecular weight is 195 g/mol. The molecule has 0 aromatic carbocycles. The van der Waals surface area contributed by atoms with Crippen molar-refractivity contribution < 1.29 is 5.11 Å². The number of nitrogens with zero attached hydrogens (tertiary/aromatic N) is 3. The summed E-state index contributed by atoms with van der Waals surface area (Å²) >= 11 is 0. The summed E-state index contributed by atoms with van der Waals surface area (Å²) in [6.45, 7) is -0.00347. The molecule has 0 bridgehead atoms. The molecule has 1 aliphatic rings.